The third kappa shape index (κ3) is 5.18. The highest BCUT2D eigenvalue weighted by molar-refractivity contribution is 5.93. The SMILES string of the molecule is C#CCOC(=O)NC(C)(C)C(=O)NC(C)(C)C(=O)OC. The first kappa shape index (κ1) is 17.8. The molecule has 0 aromatic heterocycles. The maximum Gasteiger partial charge on any atom is 0.408 e. The van der Waals surface area contributed by atoms with Gasteiger partial charge in [-0.2, -0.15) is 0 Å². The molecule has 0 spiro atoms. The number of methoxy groups -OCH3 is 1. The lowest BCUT2D eigenvalue weighted by atomic mass is 10.00. The molecule has 0 unspecified atom stereocenters. The molecular formula is C13H20N2O5. The van der Waals surface area contributed by atoms with Crippen LogP contribution in [0.25, 0.3) is 0 Å². The zero-order valence-electron chi connectivity index (χ0n) is 12.3. The van der Waals surface area contributed by atoms with E-state index < -0.39 is 29.0 Å². The second kappa shape index (κ2) is 6.80. The molecule has 0 aromatic carbocycles. The quantitative estimate of drug-likeness (QED) is 0.555. The van der Waals surface area contributed by atoms with Crippen molar-refractivity contribution in [3.63, 3.8) is 0 Å². The summed E-state index contributed by atoms with van der Waals surface area (Å²) in [6.45, 7) is 5.71. The van der Waals surface area contributed by atoms with Gasteiger partial charge in [-0.15, -0.1) is 6.42 Å². The number of esters is 1. The highest BCUT2D eigenvalue weighted by atomic mass is 16.5. The van der Waals surface area contributed by atoms with Crippen LogP contribution in [-0.2, 0) is 19.1 Å². The Morgan fingerprint density at radius 1 is 1.10 bits per heavy atom. The summed E-state index contributed by atoms with van der Waals surface area (Å²) in [4.78, 5) is 34.9. The zero-order chi connectivity index (χ0) is 16.0. The molecule has 7 nitrogen and oxygen atoms in total. The van der Waals surface area contributed by atoms with Crippen LogP contribution in [0.15, 0.2) is 0 Å². The summed E-state index contributed by atoms with van der Waals surface area (Å²) in [5.74, 6) is 0.965. The van der Waals surface area contributed by atoms with Gasteiger partial charge in [-0.3, -0.25) is 4.79 Å². The lowest BCUT2D eigenvalue weighted by Crippen LogP contribution is -2.61. The number of carbonyl (C=O) groups is 3. The van der Waals surface area contributed by atoms with Gasteiger partial charge in [0.2, 0.25) is 5.91 Å². The number of rotatable bonds is 5. The summed E-state index contributed by atoms with van der Waals surface area (Å²) >= 11 is 0. The monoisotopic (exact) mass is 284 g/mol. The summed E-state index contributed by atoms with van der Waals surface area (Å²) in [7, 11) is 1.22. The minimum absolute atomic E-state index is 0.197. The van der Waals surface area contributed by atoms with Gasteiger partial charge in [0.15, 0.2) is 6.61 Å². The topological polar surface area (TPSA) is 93.7 Å². The van der Waals surface area contributed by atoms with Crippen LogP contribution in [0.3, 0.4) is 0 Å². The van der Waals surface area contributed by atoms with E-state index in [1.54, 1.807) is 0 Å². The van der Waals surface area contributed by atoms with Crippen LogP contribution in [-0.4, -0.2) is 42.8 Å². The minimum Gasteiger partial charge on any atom is -0.467 e. The molecule has 0 bridgehead atoms. The van der Waals surface area contributed by atoms with E-state index in [2.05, 4.69) is 26.0 Å². The van der Waals surface area contributed by atoms with Gasteiger partial charge in [-0.25, -0.2) is 9.59 Å². The highest BCUT2D eigenvalue weighted by Crippen LogP contribution is 2.09. The Bertz CT molecular complexity index is 435. The van der Waals surface area contributed by atoms with Crippen molar-refractivity contribution in [1.82, 2.24) is 10.6 Å². The molecule has 0 radical (unpaired) electrons. The third-order valence-corrected chi connectivity index (χ3v) is 2.39. The molecular weight excluding hydrogens is 264 g/mol. The molecule has 0 aliphatic rings. The zero-order valence-corrected chi connectivity index (χ0v) is 12.3. The first-order valence-corrected chi connectivity index (χ1v) is 5.86. The van der Waals surface area contributed by atoms with Crippen LogP contribution in [0.2, 0.25) is 0 Å². The number of alkyl carbamates (subject to hydrolysis) is 1. The molecule has 2 N–H and O–H groups in total. The van der Waals surface area contributed by atoms with Gasteiger partial charge in [0.25, 0.3) is 0 Å². The van der Waals surface area contributed by atoms with Crippen molar-refractivity contribution >= 4 is 18.0 Å². The largest absolute Gasteiger partial charge is 0.467 e. The van der Waals surface area contributed by atoms with Crippen LogP contribution in [0.1, 0.15) is 27.7 Å². The van der Waals surface area contributed by atoms with Crippen LogP contribution in [0, 0.1) is 12.3 Å². The molecule has 0 aromatic rings. The van der Waals surface area contributed by atoms with Crippen molar-refractivity contribution in [1.29, 1.82) is 0 Å². The van der Waals surface area contributed by atoms with Crippen molar-refractivity contribution in [3.05, 3.63) is 0 Å². The maximum absolute atomic E-state index is 12.1. The fraction of sp³-hybridized carbons (Fsp3) is 0.615. The normalized spacial score (nSPS) is 11.0. The van der Waals surface area contributed by atoms with E-state index in [0.717, 1.165) is 0 Å². The molecule has 0 heterocycles. The molecule has 0 aliphatic carbocycles. The number of ether oxygens (including phenoxy) is 2. The summed E-state index contributed by atoms with van der Waals surface area (Å²) in [5.41, 5.74) is -2.50. The van der Waals surface area contributed by atoms with Crippen LogP contribution in [0.5, 0.6) is 0 Å². The van der Waals surface area contributed by atoms with Crippen molar-refractivity contribution in [2.24, 2.45) is 0 Å². The second-order valence-corrected chi connectivity index (χ2v) is 5.10. The first-order chi connectivity index (χ1) is 9.06. The Morgan fingerprint density at radius 3 is 2.10 bits per heavy atom. The van der Waals surface area contributed by atoms with Crippen LogP contribution in [0.4, 0.5) is 4.79 Å². The smallest absolute Gasteiger partial charge is 0.408 e. The number of hydrogen-bond acceptors (Lipinski definition) is 5. The first-order valence-electron chi connectivity index (χ1n) is 5.86. The Hall–Kier alpha value is -2.23. The standard InChI is InChI=1S/C13H20N2O5/c1-7-8-20-11(18)15-12(2,3)9(16)14-13(4,5)10(17)19-6/h1H,8H2,2-6H3,(H,14,16)(H,15,18). The van der Waals surface area contributed by atoms with Gasteiger partial charge in [-0.1, -0.05) is 5.92 Å². The summed E-state index contributed by atoms with van der Waals surface area (Å²) < 4.78 is 9.19. The minimum atomic E-state index is -1.28. The molecule has 2 amide bonds. The average Bonchev–Trinajstić information content (AvgIpc) is 2.34. The second-order valence-electron chi connectivity index (χ2n) is 5.10. The van der Waals surface area contributed by atoms with E-state index in [9.17, 15) is 14.4 Å². The molecule has 7 heteroatoms. The van der Waals surface area contributed by atoms with Crippen molar-refractivity contribution in [3.8, 4) is 12.3 Å². The number of carbonyl (C=O) groups excluding carboxylic acids is 3. The fourth-order valence-electron chi connectivity index (χ4n) is 1.20. The molecule has 0 aliphatic heterocycles. The number of hydrogen-bond donors (Lipinski definition) is 2. The summed E-state index contributed by atoms with van der Waals surface area (Å²) in [6, 6.07) is 0. The number of amides is 2. The predicted octanol–water partition coefficient (Wildman–Crippen LogP) is 0.192. The Kier molecular flexibility index (Phi) is 6.04. The number of terminal acetylenes is 1. The van der Waals surface area contributed by atoms with Crippen molar-refractivity contribution in [2.45, 2.75) is 38.8 Å². The van der Waals surface area contributed by atoms with E-state index in [1.165, 1.54) is 34.8 Å². The Labute approximate surface area is 118 Å². The molecule has 0 saturated carbocycles. The van der Waals surface area contributed by atoms with Gasteiger partial charge in [0, 0.05) is 0 Å². The number of nitrogens with one attached hydrogen (secondary N) is 2. The average molecular weight is 284 g/mol. The van der Waals surface area contributed by atoms with Gasteiger partial charge in [0.1, 0.15) is 11.1 Å². The van der Waals surface area contributed by atoms with Crippen LogP contribution < -0.4 is 10.6 Å². The van der Waals surface area contributed by atoms with Gasteiger partial charge >= 0.3 is 12.1 Å². The lowest BCUT2D eigenvalue weighted by Gasteiger charge is -2.30. The molecule has 0 rings (SSSR count). The van der Waals surface area contributed by atoms with E-state index in [4.69, 9.17) is 6.42 Å². The van der Waals surface area contributed by atoms with E-state index in [0.29, 0.717) is 0 Å². The van der Waals surface area contributed by atoms with E-state index >= 15 is 0 Å². The van der Waals surface area contributed by atoms with E-state index in [-0.39, 0.29) is 6.61 Å². The predicted molar refractivity (Wildman–Crippen MR) is 71.6 cm³/mol. The Balaban J connectivity index is 4.71. The van der Waals surface area contributed by atoms with E-state index in [1.807, 2.05) is 0 Å². The van der Waals surface area contributed by atoms with Crippen LogP contribution >= 0.6 is 0 Å². The van der Waals surface area contributed by atoms with Gasteiger partial charge < -0.3 is 20.1 Å². The van der Waals surface area contributed by atoms with Crippen molar-refractivity contribution < 1.29 is 23.9 Å². The summed E-state index contributed by atoms with van der Waals surface area (Å²) in [5, 5.41) is 4.83. The molecule has 20 heavy (non-hydrogen) atoms. The molecule has 0 fully saturated rings. The van der Waals surface area contributed by atoms with Gasteiger partial charge in [-0.05, 0) is 27.7 Å². The van der Waals surface area contributed by atoms with Crippen molar-refractivity contribution in [2.75, 3.05) is 13.7 Å². The Morgan fingerprint density at radius 2 is 1.65 bits per heavy atom. The fourth-order valence-corrected chi connectivity index (χ4v) is 1.20. The summed E-state index contributed by atoms with van der Waals surface area (Å²) in [6.07, 6.45) is 4.13. The van der Waals surface area contributed by atoms with Gasteiger partial charge in [0.05, 0.1) is 7.11 Å². The molecule has 0 atom stereocenters. The molecule has 0 saturated heterocycles. The lowest BCUT2D eigenvalue weighted by molar-refractivity contribution is -0.150. The third-order valence-electron chi connectivity index (χ3n) is 2.39. The maximum atomic E-state index is 12.1. The molecule has 112 valence electrons. The highest BCUT2D eigenvalue weighted by Gasteiger charge is 2.37.